The molecule has 2 amide bonds. The molecule has 0 saturated carbocycles. The van der Waals surface area contributed by atoms with Gasteiger partial charge in [0.2, 0.25) is 0 Å². The SMILES string of the molecule is CC(=O)c1cccc(NC(=O)/C(=C\c2cccc3ccccc23)NC(=O)c2ccc(C)cc2)c1. The fraction of sp³-hybridized carbons (Fsp3) is 0.0690. The highest BCUT2D eigenvalue weighted by atomic mass is 16.2. The van der Waals surface area contributed by atoms with Crippen molar-refractivity contribution < 1.29 is 14.4 Å². The van der Waals surface area contributed by atoms with Crippen LogP contribution in [0.3, 0.4) is 0 Å². The number of amides is 2. The van der Waals surface area contributed by atoms with E-state index in [9.17, 15) is 14.4 Å². The van der Waals surface area contributed by atoms with Crippen molar-refractivity contribution in [2.24, 2.45) is 0 Å². The van der Waals surface area contributed by atoms with Crippen molar-refractivity contribution in [3.05, 3.63) is 119 Å². The van der Waals surface area contributed by atoms with Gasteiger partial charge in [-0.15, -0.1) is 0 Å². The molecule has 5 nitrogen and oxygen atoms in total. The summed E-state index contributed by atoms with van der Waals surface area (Å²) in [6.07, 6.45) is 1.67. The fourth-order valence-corrected chi connectivity index (χ4v) is 3.60. The highest BCUT2D eigenvalue weighted by Gasteiger charge is 2.16. The molecule has 0 aromatic heterocycles. The Morgan fingerprint density at radius 3 is 2.24 bits per heavy atom. The van der Waals surface area contributed by atoms with E-state index in [2.05, 4.69) is 10.6 Å². The average Bonchev–Trinajstić information content (AvgIpc) is 2.84. The monoisotopic (exact) mass is 448 g/mol. The Kier molecular flexibility index (Phi) is 6.64. The second kappa shape index (κ2) is 9.96. The summed E-state index contributed by atoms with van der Waals surface area (Å²) < 4.78 is 0. The molecular formula is C29H24N2O3. The summed E-state index contributed by atoms with van der Waals surface area (Å²) in [5.41, 5.74) is 3.32. The molecule has 0 heterocycles. The second-order valence-electron chi connectivity index (χ2n) is 8.04. The Hall–Kier alpha value is -4.51. The molecule has 2 N–H and O–H groups in total. The summed E-state index contributed by atoms with van der Waals surface area (Å²) in [5, 5.41) is 7.54. The number of hydrogen-bond acceptors (Lipinski definition) is 3. The lowest BCUT2D eigenvalue weighted by Gasteiger charge is -2.13. The smallest absolute Gasteiger partial charge is 0.272 e. The van der Waals surface area contributed by atoms with Crippen molar-refractivity contribution in [1.82, 2.24) is 5.32 Å². The van der Waals surface area contributed by atoms with E-state index >= 15 is 0 Å². The van der Waals surface area contributed by atoms with Gasteiger partial charge in [-0.25, -0.2) is 0 Å². The molecule has 4 rings (SSSR count). The van der Waals surface area contributed by atoms with Gasteiger partial charge in [0.25, 0.3) is 11.8 Å². The maximum atomic E-state index is 13.3. The van der Waals surface area contributed by atoms with Crippen LogP contribution in [0.15, 0.2) is 96.7 Å². The molecule has 0 aliphatic rings. The van der Waals surface area contributed by atoms with E-state index in [4.69, 9.17) is 0 Å². The van der Waals surface area contributed by atoms with Crippen molar-refractivity contribution in [3.63, 3.8) is 0 Å². The Labute approximate surface area is 198 Å². The highest BCUT2D eigenvalue weighted by molar-refractivity contribution is 6.12. The number of aryl methyl sites for hydroxylation is 1. The topological polar surface area (TPSA) is 75.3 Å². The minimum atomic E-state index is -0.492. The van der Waals surface area contributed by atoms with E-state index in [1.807, 2.05) is 61.5 Å². The number of fused-ring (bicyclic) bond motifs is 1. The lowest BCUT2D eigenvalue weighted by atomic mass is 10.0. The van der Waals surface area contributed by atoms with Gasteiger partial charge in [-0.1, -0.05) is 72.3 Å². The van der Waals surface area contributed by atoms with E-state index in [1.165, 1.54) is 6.92 Å². The molecule has 0 aliphatic heterocycles. The Morgan fingerprint density at radius 2 is 1.47 bits per heavy atom. The summed E-state index contributed by atoms with van der Waals surface area (Å²) in [7, 11) is 0. The van der Waals surface area contributed by atoms with E-state index in [-0.39, 0.29) is 17.4 Å². The van der Waals surface area contributed by atoms with Gasteiger partial charge in [0.05, 0.1) is 0 Å². The summed E-state index contributed by atoms with van der Waals surface area (Å²) in [6, 6.07) is 27.4. The van der Waals surface area contributed by atoms with E-state index in [0.29, 0.717) is 16.8 Å². The molecule has 0 spiro atoms. The van der Waals surface area contributed by atoms with Crippen molar-refractivity contribution in [1.29, 1.82) is 0 Å². The number of rotatable bonds is 6. The van der Waals surface area contributed by atoms with Crippen LogP contribution in [-0.2, 0) is 4.79 Å². The van der Waals surface area contributed by atoms with Gasteiger partial charge in [0, 0.05) is 16.8 Å². The van der Waals surface area contributed by atoms with Crippen molar-refractivity contribution in [3.8, 4) is 0 Å². The summed E-state index contributed by atoms with van der Waals surface area (Å²) >= 11 is 0. The number of hydrogen-bond donors (Lipinski definition) is 2. The van der Waals surface area contributed by atoms with Gasteiger partial charge in [-0.3, -0.25) is 14.4 Å². The molecule has 4 aromatic carbocycles. The van der Waals surface area contributed by atoms with Crippen molar-refractivity contribution in [2.45, 2.75) is 13.8 Å². The van der Waals surface area contributed by atoms with Crippen LogP contribution in [-0.4, -0.2) is 17.6 Å². The Balaban J connectivity index is 1.71. The van der Waals surface area contributed by atoms with Gasteiger partial charge in [-0.05, 0) is 60.5 Å². The number of carbonyl (C=O) groups excluding carboxylic acids is 3. The number of Topliss-reactive ketones (excluding diaryl/α,β-unsaturated/α-hetero) is 1. The lowest BCUT2D eigenvalue weighted by molar-refractivity contribution is -0.113. The standard InChI is InChI=1S/C29H24N2O3/c1-19-13-15-22(16-14-19)28(33)31-27(18-24-10-5-8-21-7-3-4-12-26(21)24)29(34)30-25-11-6-9-23(17-25)20(2)32/h3-18H,1-2H3,(H,30,34)(H,31,33)/b27-18+. The second-order valence-corrected chi connectivity index (χ2v) is 8.04. The number of carbonyl (C=O) groups is 3. The van der Waals surface area contributed by atoms with Crippen LogP contribution >= 0.6 is 0 Å². The van der Waals surface area contributed by atoms with Crippen molar-refractivity contribution in [2.75, 3.05) is 5.32 Å². The van der Waals surface area contributed by atoms with Gasteiger partial charge < -0.3 is 10.6 Å². The van der Waals surface area contributed by atoms with Crippen LogP contribution in [0.5, 0.6) is 0 Å². The molecule has 0 unspecified atom stereocenters. The van der Waals surface area contributed by atoms with Crippen LogP contribution in [0.2, 0.25) is 0 Å². The first-order chi connectivity index (χ1) is 16.4. The minimum Gasteiger partial charge on any atom is -0.321 e. The zero-order valence-corrected chi connectivity index (χ0v) is 19.0. The van der Waals surface area contributed by atoms with Crippen LogP contribution < -0.4 is 10.6 Å². The molecule has 0 fully saturated rings. The predicted octanol–water partition coefficient (Wildman–Crippen LogP) is 5.76. The average molecular weight is 449 g/mol. The number of ketones is 1. The zero-order valence-electron chi connectivity index (χ0n) is 19.0. The van der Waals surface area contributed by atoms with Crippen LogP contribution in [0.25, 0.3) is 16.8 Å². The molecule has 4 aromatic rings. The first-order valence-corrected chi connectivity index (χ1v) is 10.9. The highest BCUT2D eigenvalue weighted by Crippen LogP contribution is 2.21. The van der Waals surface area contributed by atoms with Crippen LogP contribution in [0.4, 0.5) is 5.69 Å². The summed E-state index contributed by atoms with van der Waals surface area (Å²) in [5.74, 6) is -0.983. The van der Waals surface area contributed by atoms with Gasteiger partial charge in [0.1, 0.15) is 5.70 Å². The molecule has 0 radical (unpaired) electrons. The van der Waals surface area contributed by atoms with Gasteiger partial charge >= 0.3 is 0 Å². The summed E-state index contributed by atoms with van der Waals surface area (Å²) in [4.78, 5) is 37.9. The third-order valence-corrected chi connectivity index (χ3v) is 5.46. The first kappa shape index (κ1) is 22.7. The Bertz CT molecular complexity index is 1410. The van der Waals surface area contributed by atoms with Crippen LogP contribution in [0.1, 0.15) is 38.8 Å². The zero-order chi connectivity index (χ0) is 24.1. The Morgan fingerprint density at radius 1 is 0.765 bits per heavy atom. The lowest BCUT2D eigenvalue weighted by Crippen LogP contribution is -2.30. The van der Waals surface area contributed by atoms with E-state index < -0.39 is 5.91 Å². The molecule has 168 valence electrons. The molecular weight excluding hydrogens is 424 g/mol. The van der Waals surface area contributed by atoms with Gasteiger partial charge in [0.15, 0.2) is 5.78 Å². The maximum absolute atomic E-state index is 13.3. The van der Waals surface area contributed by atoms with Crippen LogP contribution in [0, 0.1) is 6.92 Å². The van der Waals surface area contributed by atoms with Gasteiger partial charge in [-0.2, -0.15) is 0 Å². The normalized spacial score (nSPS) is 11.2. The van der Waals surface area contributed by atoms with E-state index in [0.717, 1.165) is 21.9 Å². The molecule has 0 saturated heterocycles. The van der Waals surface area contributed by atoms with Crippen molar-refractivity contribution >= 4 is 40.1 Å². The molecule has 0 bridgehead atoms. The quantitative estimate of drug-likeness (QED) is 0.291. The minimum absolute atomic E-state index is 0.0927. The predicted molar refractivity (Wildman–Crippen MR) is 136 cm³/mol. The third kappa shape index (κ3) is 5.27. The molecule has 0 aliphatic carbocycles. The maximum Gasteiger partial charge on any atom is 0.272 e. The largest absolute Gasteiger partial charge is 0.321 e. The summed E-state index contributed by atoms with van der Waals surface area (Å²) in [6.45, 7) is 3.41. The number of anilines is 1. The number of nitrogens with one attached hydrogen (secondary N) is 2. The number of benzene rings is 4. The molecule has 5 heteroatoms. The molecule has 34 heavy (non-hydrogen) atoms. The van der Waals surface area contributed by atoms with E-state index in [1.54, 1.807) is 42.5 Å². The third-order valence-electron chi connectivity index (χ3n) is 5.46. The fourth-order valence-electron chi connectivity index (χ4n) is 3.60. The molecule has 0 atom stereocenters. The first-order valence-electron chi connectivity index (χ1n) is 10.9.